The van der Waals surface area contributed by atoms with Gasteiger partial charge in [0.25, 0.3) is 0 Å². The molecule has 1 aromatic carbocycles. The molecule has 0 unspecified atom stereocenters. The molecule has 0 radical (unpaired) electrons. The lowest BCUT2D eigenvalue weighted by atomic mass is 10.1. The van der Waals surface area contributed by atoms with E-state index in [0.717, 1.165) is 6.26 Å². The maximum atomic E-state index is 12.9. The zero-order chi connectivity index (χ0) is 14.1. The molecule has 1 heterocycles. The fraction of sp³-hybridized carbons (Fsp3) is 0.500. The van der Waals surface area contributed by atoms with Crippen LogP contribution in [-0.2, 0) is 25.1 Å². The van der Waals surface area contributed by atoms with Gasteiger partial charge < -0.3 is 14.6 Å². The van der Waals surface area contributed by atoms with Gasteiger partial charge in [-0.2, -0.15) is 0 Å². The van der Waals surface area contributed by atoms with Crippen LogP contribution in [0.25, 0.3) is 0 Å². The van der Waals surface area contributed by atoms with Crippen molar-refractivity contribution in [1.29, 1.82) is 0 Å². The SMILES string of the molecule is CS(=O)(=O)C[C@]1(c2ccc(F)cc2)OC[C@@H](CO)O1. The van der Waals surface area contributed by atoms with Crippen molar-refractivity contribution in [3.8, 4) is 0 Å². The Morgan fingerprint density at radius 3 is 2.53 bits per heavy atom. The Morgan fingerprint density at radius 2 is 2.05 bits per heavy atom. The molecular formula is C12H15FO5S. The predicted molar refractivity (Wildman–Crippen MR) is 65.7 cm³/mol. The third-order valence-electron chi connectivity index (χ3n) is 2.80. The van der Waals surface area contributed by atoms with Gasteiger partial charge in [-0.1, -0.05) is 12.1 Å². The molecule has 0 aromatic heterocycles. The Labute approximate surface area is 110 Å². The lowest BCUT2D eigenvalue weighted by Gasteiger charge is -2.27. The first-order valence-corrected chi connectivity index (χ1v) is 7.77. The summed E-state index contributed by atoms with van der Waals surface area (Å²) in [6.07, 6.45) is 0.476. The number of aliphatic hydroxyl groups is 1. The van der Waals surface area contributed by atoms with Crippen molar-refractivity contribution >= 4 is 9.84 Å². The van der Waals surface area contributed by atoms with E-state index in [1.165, 1.54) is 24.3 Å². The van der Waals surface area contributed by atoms with Crippen LogP contribution in [0.5, 0.6) is 0 Å². The maximum Gasteiger partial charge on any atom is 0.209 e. The van der Waals surface area contributed by atoms with E-state index in [0.29, 0.717) is 5.56 Å². The van der Waals surface area contributed by atoms with Gasteiger partial charge in [0.05, 0.1) is 13.2 Å². The van der Waals surface area contributed by atoms with Crippen molar-refractivity contribution in [3.05, 3.63) is 35.6 Å². The van der Waals surface area contributed by atoms with Crippen LogP contribution in [-0.4, -0.2) is 44.9 Å². The highest BCUT2D eigenvalue weighted by molar-refractivity contribution is 7.90. The topological polar surface area (TPSA) is 72.8 Å². The third kappa shape index (κ3) is 3.30. The van der Waals surface area contributed by atoms with Crippen LogP contribution in [0.15, 0.2) is 24.3 Å². The van der Waals surface area contributed by atoms with Gasteiger partial charge >= 0.3 is 0 Å². The van der Waals surface area contributed by atoms with Crippen molar-refractivity contribution in [3.63, 3.8) is 0 Å². The molecule has 1 N–H and O–H groups in total. The quantitative estimate of drug-likeness (QED) is 0.870. The van der Waals surface area contributed by atoms with Crippen LogP contribution in [0.2, 0.25) is 0 Å². The van der Waals surface area contributed by atoms with Gasteiger partial charge in [-0.15, -0.1) is 0 Å². The minimum atomic E-state index is -3.38. The van der Waals surface area contributed by atoms with Gasteiger partial charge in [0.15, 0.2) is 9.84 Å². The van der Waals surface area contributed by atoms with Crippen LogP contribution in [0, 0.1) is 5.82 Å². The Hall–Kier alpha value is -1.02. The largest absolute Gasteiger partial charge is 0.394 e. The number of ether oxygens (including phenoxy) is 2. The zero-order valence-electron chi connectivity index (χ0n) is 10.4. The summed E-state index contributed by atoms with van der Waals surface area (Å²) in [6, 6.07) is 5.25. The monoisotopic (exact) mass is 290 g/mol. The number of hydrogen-bond acceptors (Lipinski definition) is 5. The minimum absolute atomic E-state index is 0.0867. The van der Waals surface area contributed by atoms with Gasteiger partial charge in [0.1, 0.15) is 17.7 Å². The van der Waals surface area contributed by atoms with Gasteiger partial charge in [0, 0.05) is 11.8 Å². The first-order chi connectivity index (χ1) is 8.85. The van der Waals surface area contributed by atoms with Gasteiger partial charge in [-0.25, -0.2) is 12.8 Å². The minimum Gasteiger partial charge on any atom is -0.394 e. The molecule has 2 atom stereocenters. The van der Waals surface area contributed by atoms with Crippen LogP contribution in [0.4, 0.5) is 4.39 Å². The van der Waals surface area contributed by atoms with E-state index < -0.39 is 27.5 Å². The number of rotatable bonds is 4. The smallest absolute Gasteiger partial charge is 0.209 e. The van der Waals surface area contributed by atoms with E-state index in [1.807, 2.05) is 0 Å². The second-order valence-electron chi connectivity index (χ2n) is 4.56. The number of aliphatic hydroxyl groups excluding tert-OH is 1. The number of sulfone groups is 1. The number of benzene rings is 1. The molecule has 5 nitrogen and oxygen atoms in total. The van der Waals surface area contributed by atoms with Crippen molar-refractivity contribution in [2.24, 2.45) is 0 Å². The third-order valence-corrected chi connectivity index (χ3v) is 3.70. The highest BCUT2D eigenvalue weighted by Gasteiger charge is 2.45. The molecule has 1 aromatic rings. The summed E-state index contributed by atoms with van der Waals surface area (Å²) in [5.74, 6) is -2.30. The van der Waals surface area contributed by atoms with Crippen molar-refractivity contribution in [2.75, 3.05) is 25.2 Å². The fourth-order valence-corrected chi connectivity index (χ4v) is 3.02. The Morgan fingerprint density at radius 1 is 1.42 bits per heavy atom. The van der Waals surface area contributed by atoms with E-state index in [-0.39, 0.29) is 19.0 Å². The van der Waals surface area contributed by atoms with Crippen LogP contribution in [0.3, 0.4) is 0 Å². The summed E-state index contributed by atoms with van der Waals surface area (Å²) >= 11 is 0. The molecule has 1 saturated heterocycles. The van der Waals surface area contributed by atoms with E-state index in [1.54, 1.807) is 0 Å². The Balaban J connectivity index is 2.37. The van der Waals surface area contributed by atoms with Gasteiger partial charge in [-0.3, -0.25) is 0 Å². The van der Waals surface area contributed by atoms with Gasteiger partial charge in [-0.05, 0) is 12.1 Å². The predicted octanol–water partition coefficient (Wildman–Crippen LogP) is 0.431. The van der Waals surface area contributed by atoms with Crippen LogP contribution < -0.4 is 0 Å². The molecule has 0 bridgehead atoms. The first-order valence-electron chi connectivity index (χ1n) is 5.71. The molecular weight excluding hydrogens is 275 g/mol. The normalized spacial score (nSPS) is 27.6. The van der Waals surface area contributed by atoms with E-state index in [9.17, 15) is 12.8 Å². The van der Waals surface area contributed by atoms with E-state index >= 15 is 0 Å². The standard InChI is InChI=1S/C12H15FO5S/c1-19(15,16)8-12(17-7-11(6-14)18-12)9-2-4-10(13)5-3-9/h2-5,11,14H,6-8H2,1H3/t11-,12+/m1/s1. The molecule has 0 aliphatic carbocycles. The molecule has 106 valence electrons. The summed E-state index contributed by atoms with van der Waals surface area (Å²) in [5.41, 5.74) is 0.412. The Kier molecular flexibility index (Phi) is 3.91. The first kappa shape index (κ1) is 14.4. The maximum absolute atomic E-state index is 12.9. The van der Waals surface area contributed by atoms with E-state index in [4.69, 9.17) is 14.6 Å². The van der Waals surface area contributed by atoms with Crippen molar-refractivity contribution in [1.82, 2.24) is 0 Å². The second-order valence-corrected chi connectivity index (χ2v) is 6.70. The molecule has 19 heavy (non-hydrogen) atoms. The highest BCUT2D eigenvalue weighted by Crippen LogP contribution is 2.35. The molecule has 0 spiro atoms. The zero-order valence-corrected chi connectivity index (χ0v) is 11.2. The average Bonchev–Trinajstić information content (AvgIpc) is 2.72. The molecule has 1 fully saturated rings. The van der Waals surface area contributed by atoms with Crippen molar-refractivity contribution in [2.45, 2.75) is 11.9 Å². The highest BCUT2D eigenvalue weighted by atomic mass is 32.2. The van der Waals surface area contributed by atoms with Gasteiger partial charge in [0.2, 0.25) is 5.79 Å². The van der Waals surface area contributed by atoms with Crippen LogP contribution >= 0.6 is 0 Å². The molecule has 1 aliphatic heterocycles. The lowest BCUT2D eigenvalue weighted by molar-refractivity contribution is -0.162. The molecule has 2 rings (SSSR count). The Bertz CT molecular complexity index is 542. The summed E-state index contributed by atoms with van der Waals surface area (Å²) in [4.78, 5) is 0. The summed E-state index contributed by atoms with van der Waals surface area (Å²) < 4.78 is 47.0. The summed E-state index contributed by atoms with van der Waals surface area (Å²) in [5, 5.41) is 9.07. The average molecular weight is 290 g/mol. The summed E-state index contributed by atoms with van der Waals surface area (Å²) in [6.45, 7) is -0.184. The lowest BCUT2D eigenvalue weighted by Crippen LogP contribution is -2.36. The van der Waals surface area contributed by atoms with Crippen LogP contribution in [0.1, 0.15) is 5.56 Å². The van der Waals surface area contributed by atoms with E-state index in [2.05, 4.69) is 0 Å². The molecule has 1 aliphatic rings. The summed E-state index contributed by atoms with van der Waals surface area (Å²) in [7, 11) is -3.38. The van der Waals surface area contributed by atoms with Crippen molar-refractivity contribution < 1.29 is 27.4 Å². The molecule has 7 heteroatoms. The number of hydrogen-bond donors (Lipinski definition) is 1. The fourth-order valence-electron chi connectivity index (χ4n) is 2.01. The second kappa shape index (κ2) is 5.16. The number of halogens is 1. The molecule has 0 amide bonds. The molecule has 0 saturated carbocycles.